The number of hydrogen-bond donors (Lipinski definition) is 1. The summed E-state index contributed by atoms with van der Waals surface area (Å²) in [5, 5.41) is 3.54. The van der Waals surface area contributed by atoms with Crippen molar-refractivity contribution in [2.45, 2.75) is 25.4 Å². The Morgan fingerprint density at radius 3 is 2.27 bits per heavy atom. The van der Waals surface area contributed by atoms with Crippen LogP contribution in [0.5, 0.6) is 0 Å². The molecule has 0 saturated carbocycles. The van der Waals surface area contributed by atoms with Gasteiger partial charge in [0.05, 0.1) is 6.16 Å². The Hall–Kier alpha value is -3.22. The number of benzene rings is 3. The lowest BCUT2D eigenvalue weighted by molar-refractivity contribution is -0.116. The molecule has 192 valence electrons. The highest BCUT2D eigenvalue weighted by Crippen LogP contribution is 2.49. The van der Waals surface area contributed by atoms with E-state index in [1.54, 1.807) is 24.3 Å². The lowest BCUT2D eigenvalue weighted by Gasteiger charge is -2.13. The van der Waals surface area contributed by atoms with Crippen LogP contribution in [-0.4, -0.2) is 25.1 Å². The van der Waals surface area contributed by atoms with Crippen molar-refractivity contribution in [3.05, 3.63) is 95.2 Å². The fourth-order valence-corrected chi connectivity index (χ4v) is 5.00. The minimum absolute atomic E-state index is 0.108. The van der Waals surface area contributed by atoms with Crippen molar-refractivity contribution < 1.29 is 22.8 Å². The first-order valence-corrected chi connectivity index (χ1v) is 13.9. The molecule has 0 aliphatic rings. The van der Waals surface area contributed by atoms with Gasteiger partial charge in [-0.05, 0) is 48.4 Å². The summed E-state index contributed by atoms with van der Waals surface area (Å²) >= 11 is 6.06. The van der Waals surface area contributed by atoms with E-state index in [0.29, 0.717) is 35.9 Å². The van der Waals surface area contributed by atoms with E-state index in [4.69, 9.17) is 30.0 Å². The van der Waals surface area contributed by atoms with Gasteiger partial charge in [-0.15, -0.1) is 0 Å². The highest BCUT2D eigenvalue weighted by molar-refractivity contribution is 7.52. The third kappa shape index (κ3) is 7.18. The zero-order chi connectivity index (χ0) is 26.3. The van der Waals surface area contributed by atoms with Crippen LogP contribution < -0.4 is 5.32 Å². The molecule has 0 fully saturated rings. The Labute approximate surface area is 221 Å². The maximum Gasteiger partial charge on any atom is 0.334 e. The Morgan fingerprint density at radius 1 is 0.946 bits per heavy atom. The molecule has 0 spiro atoms. The highest BCUT2D eigenvalue weighted by atomic mass is 35.5. The smallest absolute Gasteiger partial charge is 0.334 e. The molecule has 4 aromatic rings. The van der Waals surface area contributed by atoms with Gasteiger partial charge in [0.2, 0.25) is 11.8 Å². The fourth-order valence-electron chi connectivity index (χ4n) is 3.81. The Kier molecular flexibility index (Phi) is 8.95. The summed E-state index contributed by atoms with van der Waals surface area (Å²) in [5.41, 5.74) is 3.99. The number of aryl methyl sites for hydroxylation is 1. The summed E-state index contributed by atoms with van der Waals surface area (Å²) in [6, 6.07) is 24.3. The van der Waals surface area contributed by atoms with Gasteiger partial charge in [0.1, 0.15) is 11.5 Å². The average molecular weight is 539 g/mol. The number of hydrogen-bond acceptors (Lipinski definition) is 6. The number of nitrogens with zero attached hydrogens (tertiary/aromatic N) is 1. The van der Waals surface area contributed by atoms with Crippen molar-refractivity contribution in [2.75, 3.05) is 19.5 Å². The van der Waals surface area contributed by atoms with Crippen molar-refractivity contribution in [2.24, 2.45) is 0 Å². The van der Waals surface area contributed by atoms with E-state index in [9.17, 15) is 9.36 Å². The predicted octanol–water partition coefficient (Wildman–Crippen LogP) is 7.61. The van der Waals surface area contributed by atoms with Crippen LogP contribution in [0.25, 0.3) is 22.7 Å². The molecule has 1 heterocycles. The quantitative estimate of drug-likeness (QED) is 0.198. The molecule has 1 amide bonds. The first kappa shape index (κ1) is 26.8. The molecule has 0 saturated heterocycles. The molecule has 1 aromatic heterocycles. The van der Waals surface area contributed by atoms with Crippen LogP contribution in [0.1, 0.15) is 24.2 Å². The van der Waals surface area contributed by atoms with Gasteiger partial charge in [0.15, 0.2) is 0 Å². The second-order valence-electron chi connectivity index (χ2n) is 8.40. The maximum absolute atomic E-state index is 12.6. The topological polar surface area (TPSA) is 90.7 Å². The zero-order valence-corrected chi connectivity index (χ0v) is 22.3. The first-order chi connectivity index (χ1) is 17.9. The standard InChI is InChI=1S/C28H28ClN2O5P/c1-34-37(33,35-2)19-20-11-17-24(18-12-20)30-26(32)10-6-9-25-27(21-13-15-23(29)16-14-21)31-28(36-25)22-7-4-3-5-8-22/h3-5,7-8,11-18H,6,9-10,19H2,1-2H3,(H,30,32). The number of oxazole rings is 1. The minimum Gasteiger partial charge on any atom is -0.441 e. The molecule has 37 heavy (non-hydrogen) atoms. The molecule has 0 radical (unpaired) electrons. The molecular formula is C28H28ClN2O5P. The van der Waals surface area contributed by atoms with E-state index in [1.165, 1.54) is 14.2 Å². The van der Waals surface area contributed by atoms with Gasteiger partial charge < -0.3 is 18.8 Å². The maximum atomic E-state index is 12.6. The van der Waals surface area contributed by atoms with Crippen LogP contribution in [0.2, 0.25) is 5.02 Å². The van der Waals surface area contributed by atoms with Crippen LogP contribution in [0.4, 0.5) is 5.69 Å². The summed E-state index contributed by atoms with van der Waals surface area (Å²) < 4.78 is 28.4. The van der Waals surface area contributed by atoms with Crippen LogP contribution in [0, 0.1) is 0 Å². The Bertz CT molecular complexity index is 1360. The summed E-state index contributed by atoms with van der Waals surface area (Å²) in [5.74, 6) is 1.15. The second kappa shape index (κ2) is 12.3. The number of amides is 1. The molecular weight excluding hydrogens is 511 g/mol. The number of carbonyl (C=O) groups is 1. The fraction of sp³-hybridized carbons (Fsp3) is 0.214. The third-order valence-electron chi connectivity index (χ3n) is 5.81. The second-order valence-corrected chi connectivity index (χ2v) is 11.1. The van der Waals surface area contributed by atoms with Crippen LogP contribution in [-0.2, 0) is 31.0 Å². The number of anilines is 1. The van der Waals surface area contributed by atoms with Crippen LogP contribution in [0.3, 0.4) is 0 Å². The third-order valence-corrected chi connectivity index (χ3v) is 7.93. The van der Waals surface area contributed by atoms with Crippen molar-refractivity contribution in [3.8, 4) is 22.7 Å². The Morgan fingerprint density at radius 2 is 1.62 bits per heavy atom. The highest BCUT2D eigenvalue weighted by Gasteiger charge is 2.21. The number of carbonyl (C=O) groups excluding carboxylic acids is 1. The van der Waals surface area contributed by atoms with Crippen molar-refractivity contribution in [3.63, 3.8) is 0 Å². The largest absolute Gasteiger partial charge is 0.441 e. The van der Waals surface area contributed by atoms with E-state index in [0.717, 1.165) is 28.1 Å². The van der Waals surface area contributed by atoms with Crippen LogP contribution in [0.15, 0.2) is 83.3 Å². The summed E-state index contributed by atoms with van der Waals surface area (Å²) in [4.78, 5) is 17.3. The molecule has 4 rings (SSSR count). The van der Waals surface area contributed by atoms with Gasteiger partial charge in [-0.2, -0.15) is 0 Å². The monoisotopic (exact) mass is 538 g/mol. The predicted molar refractivity (Wildman–Crippen MR) is 146 cm³/mol. The van der Waals surface area contributed by atoms with Gasteiger partial charge in [-0.1, -0.05) is 54.1 Å². The van der Waals surface area contributed by atoms with Crippen LogP contribution >= 0.6 is 19.2 Å². The number of aromatic nitrogens is 1. The molecule has 0 bridgehead atoms. The molecule has 0 aliphatic heterocycles. The van der Waals surface area contributed by atoms with E-state index >= 15 is 0 Å². The lowest BCUT2D eigenvalue weighted by Crippen LogP contribution is -2.11. The molecule has 1 N–H and O–H groups in total. The molecule has 3 aromatic carbocycles. The Balaban J connectivity index is 1.39. The molecule has 0 unspecified atom stereocenters. The summed E-state index contributed by atoms with van der Waals surface area (Å²) in [6.07, 6.45) is 1.60. The van der Waals surface area contributed by atoms with E-state index in [-0.39, 0.29) is 12.1 Å². The lowest BCUT2D eigenvalue weighted by atomic mass is 10.1. The summed E-state index contributed by atoms with van der Waals surface area (Å²) in [6.45, 7) is 0. The van der Waals surface area contributed by atoms with E-state index in [2.05, 4.69) is 5.32 Å². The van der Waals surface area contributed by atoms with Gasteiger partial charge >= 0.3 is 7.60 Å². The zero-order valence-electron chi connectivity index (χ0n) is 20.6. The van der Waals surface area contributed by atoms with Crippen molar-refractivity contribution in [1.29, 1.82) is 0 Å². The SMILES string of the molecule is COP(=O)(Cc1ccc(NC(=O)CCCc2oc(-c3ccccc3)nc2-c2ccc(Cl)cc2)cc1)OC. The first-order valence-electron chi connectivity index (χ1n) is 11.8. The van der Waals surface area contributed by atoms with E-state index < -0.39 is 7.60 Å². The number of nitrogens with one attached hydrogen (secondary N) is 1. The normalized spacial score (nSPS) is 11.4. The number of halogens is 1. The van der Waals surface area contributed by atoms with Crippen molar-refractivity contribution >= 4 is 30.8 Å². The van der Waals surface area contributed by atoms with E-state index in [1.807, 2.05) is 54.6 Å². The molecule has 7 nitrogen and oxygen atoms in total. The van der Waals surface area contributed by atoms with Gasteiger partial charge in [0, 0.05) is 48.9 Å². The van der Waals surface area contributed by atoms with Crippen molar-refractivity contribution in [1.82, 2.24) is 4.98 Å². The van der Waals surface area contributed by atoms with Gasteiger partial charge in [0.25, 0.3) is 0 Å². The molecule has 9 heteroatoms. The summed E-state index contributed by atoms with van der Waals surface area (Å²) in [7, 11) is -0.425. The average Bonchev–Trinajstić information content (AvgIpc) is 3.35. The molecule has 0 atom stereocenters. The minimum atomic E-state index is -3.14. The van der Waals surface area contributed by atoms with Gasteiger partial charge in [-0.25, -0.2) is 4.98 Å². The van der Waals surface area contributed by atoms with Gasteiger partial charge in [-0.3, -0.25) is 9.36 Å². The number of rotatable bonds is 11. The molecule has 0 aliphatic carbocycles.